The first kappa shape index (κ1) is 15.3. The van der Waals surface area contributed by atoms with Gasteiger partial charge in [-0.1, -0.05) is 26.7 Å². The second-order valence-electron chi connectivity index (χ2n) is 4.54. The number of methoxy groups -OCH3 is 1. The number of nitro benzene ring substituents is 1. The van der Waals surface area contributed by atoms with Gasteiger partial charge in [-0.05, 0) is 25.0 Å². The average molecular weight is 266 g/mol. The van der Waals surface area contributed by atoms with Crippen molar-refractivity contribution in [2.45, 2.75) is 45.6 Å². The molecule has 1 aromatic rings. The molecule has 0 aromatic heterocycles. The van der Waals surface area contributed by atoms with Crippen molar-refractivity contribution in [3.63, 3.8) is 0 Å². The first-order valence-corrected chi connectivity index (χ1v) is 6.71. The molecule has 1 N–H and O–H groups in total. The number of nitrogens with zero attached hydrogens (tertiary/aromatic N) is 1. The molecule has 0 bridgehead atoms. The van der Waals surface area contributed by atoms with Gasteiger partial charge in [0.2, 0.25) is 0 Å². The highest BCUT2D eigenvalue weighted by atomic mass is 16.6. The van der Waals surface area contributed by atoms with Crippen molar-refractivity contribution >= 4 is 11.4 Å². The van der Waals surface area contributed by atoms with Crippen LogP contribution in [-0.4, -0.2) is 18.1 Å². The zero-order valence-corrected chi connectivity index (χ0v) is 11.8. The number of hydrogen-bond donors (Lipinski definition) is 1. The van der Waals surface area contributed by atoms with Crippen molar-refractivity contribution in [3.05, 3.63) is 28.3 Å². The molecule has 0 saturated carbocycles. The molecule has 1 aromatic carbocycles. The van der Waals surface area contributed by atoms with Gasteiger partial charge in [0.15, 0.2) is 5.75 Å². The fraction of sp³-hybridized carbons (Fsp3) is 0.571. The van der Waals surface area contributed by atoms with Crippen molar-refractivity contribution in [3.8, 4) is 5.75 Å². The predicted octanol–water partition coefficient (Wildman–Crippen LogP) is 3.98. The van der Waals surface area contributed by atoms with Gasteiger partial charge in [-0.15, -0.1) is 0 Å². The highest BCUT2D eigenvalue weighted by Crippen LogP contribution is 2.30. The number of nitro groups is 1. The molecule has 0 spiro atoms. The van der Waals surface area contributed by atoms with Crippen LogP contribution in [0.25, 0.3) is 0 Å². The van der Waals surface area contributed by atoms with Crippen LogP contribution in [0.1, 0.15) is 39.5 Å². The summed E-state index contributed by atoms with van der Waals surface area (Å²) in [5, 5.41) is 14.3. The molecule has 1 atom stereocenters. The summed E-state index contributed by atoms with van der Waals surface area (Å²) >= 11 is 0. The summed E-state index contributed by atoms with van der Waals surface area (Å²) in [7, 11) is 1.44. The van der Waals surface area contributed by atoms with Crippen molar-refractivity contribution < 1.29 is 9.66 Å². The Kier molecular flexibility index (Phi) is 6.12. The quantitative estimate of drug-likeness (QED) is 0.571. The molecule has 0 radical (unpaired) electrons. The number of unbranched alkanes of at least 4 members (excludes halogenated alkanes) is 1. The third-order valence-electron chi connectivity index (χ3n) is 3.15. The Morgan fingerprint density at radius 1 is 1.42 bits per heavy atom. The van der Waals surface area contributed by atoms with Gasteiger partial charge in [0.05, 0.1) is 12.0 Å². The lowest BCUT2D eigenvalue weighted by Crippen LogP contribution is -2.18. The Balaban J connectivity index is 2.83. The molecule has 5 nitrogen and oxygen atoms in total. The van der Waals surface area contributed by atoms with Crippen LogP contribution in [-0.2, 0) is 0 Å². The maximum absolute atomic E-state index is 11.0. The summed E-state index contributed by atoms with van der Waals surface area (Å²) in [6.45, 7) is 4.27. The van der Waals surface area contributed by atoms with E-state index in [0.717, 1.165) is 31.4 Å². The molecule has 106 valence electrons. The lowest BCUT2D eigenvalue weighted by Gasteiger charge is -2.18. The minimum Gasteiger partial charge on any atom is -0.490 e. The third-order valence-corrected chi connectivity index (χ3v) is 3.15. The summed E-state index contributed by atoms with van der Waals surface area (Å²) in [5.74, 6) is 0.289. The van der Waals surface area contributed by atoms with Gasteiger partial charge < -0.3 is 10.1 Å². The topological polar surface area (TPSA) is 64.4 Å². The zero-order chi connectivity index (χ0) is 14.3. The van der Waals surface area contributed by atoms with Gasteiger partial charge in [-0.25, -0.2) is 0 Å². The molecule has 5 heteroatoms. The Bertz CT molecular complexity index is 421. The molecular formula is C14H22N2O3. The smallest absolute Gasteiger partial charge is 0.312 e. The SMILES string of the molecule is CCCCC(CC)Nc1ccc(OC)c([N+](=O)[O-])c1. The molecule has 1 unspecified atom stereocenters. The van der Waals surface area contributed by atoms with E-state index >= 15 is 0 Å². The summed E-state index contributed by atoms with van der Waals surface area (Å²) in [4.78, 5) is 10.5. The Hall–Kier alpha value is -1.78. The normalized spacial score (nSPS) is 11.9. The fourth-order valence-corrected chi connectivity index (χ4v) is 1.99. The van der Waals surface area contributed by atoms with Crippen LogP contribution >= 0.6 is 0 Å². The van der Waals surface area contributed by atoms with E-state index < -0.39 is 4.92 Å². The van der Waals surface area contributed by atoms with Crippen LogP contribution < -0.4 is 10.1 Å². The first-order chi connectivity index (χ1) is 9.12. The van der Waals surface area contributed by atoms with E-state index in [0.29, 0.717) is 6.04 Å². The predicted molar refractivity (Wildman–Crippen MR) is 76.9 cm³/mol. The van der Waals surface area contributed by atoms with Crippen molar-refractivity contribution in [2.24, 2.45) is 0 Å². The van der Waals surface area contributed by atoms with Crippen molar-refractivity contribution in [1.29, 1.82) is 0 Å². The van der Waals surface area contributed by atoms with Crippen molar-refractivity contribution in [1.82, 2.24) is 0 Å². The number of rotatable bonds is 8. The monoisotopic (exact) mass is 266 g/mol. The minimum absolute atomic E-state index is 0.00200. The van der Waals surface area contributed by atoms with E-state index in [1.54, 1.807) is 6.07 Å². The summed E-state index contributed by atoms with van der Waals surface area (Å²) in [6, 6.07) is 5.34. The van der Waals surface area contributed by atoms with E-state index in [9.17, 15) is 10.1 Å². The molecule has 0 aliphatic carbocycles. The average Bonchev–Trinajstić information content (AvgIpc) is 2.43. The van der Waals surface area contributed by atoms with Crippen LogP contribution in [0.2, 0.25) is 0 Å². The first-order valence-electron chi connectivity index (χ1n) is 6.71. The molecule has 0 fully saturated rings. The Morgan fingerprint density at radius 3 is 2.68 bits per heavy atom. The molecule has 0 aliphatic heterocycles. The number of anilines is 1. The van der Waals surface area contributed by atoms with E-state index in [1.807, 2.05) is 6.07 Å². The summed E-state index contributed by atoms with van der Waals surface area (Å²) in [6.07, 6.45) is 4.39. The van der Waals surface area contributed by atoms with Crippen LogP contribution in [0.4, 0.5) is 11.4 Å². The van der Waals surface area contributed by atoms with Gasteiger partial charge in [0.25, 0.3) is 0 Å². The highest BCUT2D eigenvalue weighted by molar-refractivity contribution is 5.58. The van der Waals surface area contributed by atoms with Gasteiger partial charge in [0, 0.05) is 17.8 Å². The van der Waals surface area contributed by atoms with Gasteiger partial charge >= 0.3 is 5.69 Å². The summed E-state index contributed by atoms with van der Waals surface area (Å²) in [5.41, 5.74) is 0.772. The van der Waals surface area contributed by atoms with Crippen LogP contribution in [0.15, 0.2) is 18.2 Å². The largest absolute Gasteiger partial charge is 0.490 e. The van der Waals surface area contributed by atoms with E-state index in [1.165, 1.54) is 13.2 Å². The maximum Gasteiger partial charge on any atom is 0.312 e. The Morgan fingerprint density at radius 2 is 2.16 bits per heavy atom. The summed E-state index contributed by atoms with van der Waals surface area (Å²) < 4.78 is 4.99. The van der Waals surface area contributed by atoms with Crippen LogP contribution in [0, 0.1) is 10.1 Å². The lowest BCUT2D eigenvalue weighted by atomic mass is 10.1. The Labute approximate surface area is 114 Å². The highest BCUT2D eigenvalue weighted by Gasteiger charge is 2.16. The number of hydrogen-bond acceptors (Lipinski definition) is 4. The van der Waals surface area contributed by atoms with Gasteiger partial charge in [-0.2, -0.15) is 0 Å². The van der Waals surface area contributed by atoms with E-state index in [4.69, 9.17) is 4.74 Å². The molecular weight excluding hydrogens is 244 g/mol. The van der Waals surface area contributed by atoms with Crippen molar-refractivity contribution in [2.75, 3.05) is 12.4 Å². The minimum atomic E-state index is -0.420. The number of nitrogens with one attached hydrogen (secondary N) is 1. The maximum atomic E-state index is 11.0. The molecule has 1 rings (SSSR count). The van der Waals surface area contributed by atoms with E-state index in [-0.39, 0.29) is 11.4 Å². The molecule has 0 amide bonds. The molecule has 0 aliphatic rings. The third kappa shape index (κ3) is 4.43. The molecule has 0 saturated heterocycles. The molecule has 19 heavy (non-hydrogen) atoms. The number of ether oxygens (including phenoxy) is 1. The second kappa shape index (κ2) is 7.61. The van der Waals surface area contributed by atoms with E-state index in [2.05, 4.69) is 19.2 Å². The van der Waals surface area contributed by atoms with Crippen LogP contribution in [0.5, 0.6) is 5.75 Å². The second-order valence-corrected chi connectivity index (χ2v) is 4.54. The lowest BCUT2D eigenvalue weighted by molar-refractivity contribution is -0.385. The fourth-order valence-electron chi connectivity index (χ4n) is 1.99. The molecule has 0 heterocycles. The van der Waals surface area contributed by atoms with Gasteiger partial charge in [-0.3, -0.25) is 10.1 Å². The van der Waals surface area contributed by atoms with Gasteiger partial charge in [0.1, 0.15) is 0 Å². The standard InChI is InChI=1S/C14H22N2O3/c1-4-6-7-11(5-2)15-12-8-9-14(19-3)13(10-12)16(17)18/h8-11,15H,4-7H2,1-3H3. The zero-order valence-electron chi connectivity index (χ0n) is 11.8. The van der Waals surface area contributed by atoms with Crippen LogP contribution in [0.3, 0.4) is 0 Å². The number of benzene rings is 1.